The fourth-order valence-electron chi connectivity index (χ4n) is 6.20. The molecule has 196 valence electrons. The average molecular weight is 555 g/mol. The zero-order chi connectivity index (χ0) is 27.6. The SMILES string of the molecule is c1ccc(-c2nc(-c3ccccc3)nc(-c3ccccc3-n3c4cccc5c4c4c6c(cccc6ccc43)S5)n2)cc1. The van der Waals surface area contributed by atoms with Crippen LogP contribution in [0, 0.1) is 0 Å². The molecule has 0 aliphatic carbocycles. The molecule has 9 rings (SSSR count). The number of aromatic nitrogens is 4. The van der Waals surface area contributed by atoms with Gasteiger partial charge in [-0.25, -0.2) is 15.0 Å². The van der Waals surface area contributed by atoms with Gasteiger partial charge in [0.15, 0.2) is 17.5 Å². The van der Waals surface area contributed by atoms with Crippen molar-refractivity contribution in [2.75, 3.05) is 0 Å². The zero-order valence-electron chi connectivity index (χ0n) is 22.4. The third-order valence-corrected chi connectivity index (χ3v) is 9.15. The summed E-state index contributed by atoms with van der Waals surface area (Å²) in [6.45, 7) is 0. The normalized spacial score (nSPS) is 12.2. The van der Waals surface area contributed by atoms with E-state index in [4.69, 9.17) is 15.0 Å². The fourth-order valence-corrected chi connectivity index (χ4v) is 7.36. The van der Waals surface area contributed by atoms with Crippen LogP contribution in [0.1, 0.15) is 0 Å². The minimum absolute atomic E-state index is 0.648. The summed E-state index contributed by atoms with van der Waals surface area (Å²) in [5.41, 5.74) is 6.29. The molecule has 0 saturated carbocycles. The van der Waals surface area contributed by atoms with E-state index < -0.39 is 0 Å². The second-order valence-electron chi connectivity index (χ2n) is 10.5. The number of hydrogen-bond donors (Lipinski definition) is 0. The van der Waals surface area contributed by atoms with Gasteiger partial charge in [-0.2, -0.15) is 0 Å². The summed E-state index contributed by atoms with van der Waals surface area (Å²) >= 11 is 1.86. The lowest BCUT2D eigenvalue weighted by Gasteiger charge is -2.14. The van der Waals surface area contributed by atoms with Crippen LogP contribution in [0.15, 0.2) is 143 Å². The first-order chi connectivity index (χ1) is 20.8. The van der Waals surface area contributed by atoms with E-state index in [1.54, 1.807) is 0 Å². The Labute approximate surface area is 246 Å². The molecule has 0 amide bonds. The number of nitrogens with zero attached hydrogens (tertiary/aromatic N) is 4. The molecule has 0 unspecified atom stereocenters. The molecule has 1 aliphatic heterocycles. The Hall–Kier alpha value is -5.26. The van der Waals surface area contributed by atoms with E-state index in [0.29, 0.717) is 17.5 Å². The van der Waals surface area contributed by atoms with Crippen molar-refractivity contribution < 1.29 is 0 Å². The molecular weight excluding hydrogens is 533 g/mol. The third-order valence-electron chi connectivity index (χ3n) is 8.03. The van der Waals surface area contributed by atoms with Crippen molar-refractivity contribution in [2.24, 2.45) is 0 Å². The Kier molecular flexibility index (Phi) is 5.10. The first kappa shape index (κ1) is 23.4. The molecule has 2 aromatic heterocycles. The van der Waals surface area contributed by atoms with Gasteiger partial charge in [0.25, 0.3) is 0 Å². The van der Waals surface area contributed by atoms with E-state index in [1.807, 2.05) is 72.4 Å². The number of hydrogen-bond acceptors (Lipinski definition) is 4. The van der Waals surface area contributed by atoms with Crippen LogP contribution in [-0.2, 0) is 0 Å². The van der Waals surface area contributed by atoms with Crippen molar-refractivity contribution in [3.63, 3.8) is 0 Å². The molecular formula is C37H22N4S. The van der Waals surface area contributed by atoms with Gasteiger partial charge in [-0.05, 0) is 41.8 Å². The summed E-state index contributed by atoms with van der Waals surface area (Å²) in [6.07, 6.45) is 0. The largest absolute Gasteiger partial charge is 0.308 e. The Bertz CT molecular complexity index is 2270. The molecule has 0 spiro atoms. The lowest BCUT2D eigenvalue weighted by atomic mass is 10.0. The standard InChI is InChI=1S/C37H22N4S/c1-3-11-24(12-4-1)35-38-36(25-13-5-2-6-14-25)40-37(39-35)26-16-7-8-17-27(26)41-28-18-10-20-31-33(28)34-29(41)22-21-23-15-9-19-30(42-31)32(23)34/h1-22H. The average Bonchev–Trinajstić information content (AvgIpc) is 3.41. The van der Waals surface area contributed by atoms with Gasteiger partial charge in [-0.3, -0.25) is 0 Å². The van der Waals surface area contributed by atoms with Gasteiger partial charge >= 0.3 is 0 Å². The Morgan fingerprint density at radius 1 is 0.429 bits per heavy atom. The second kappa shape index (κ2) is 9.13. The maximum absolute atomic E-state index is 5.07. The van der Waals surface area contributed by atoms with Crippen molar-refractivity contribution in [1.82, 2.24) is 19.5 Å². The van der Waals surface area contributed by atoms with Gasteiger partial charge in [-0.15, -0.1) is 0 Å². The summed E-state index contributed by atoms with van der Waals surface area (Å²) in [5, 5.41) is 5.22. The van der Waals surface area contributed by atoms with Gasteiger partial charge in [-0.1, -0.05) is 109 Å². The van der Waals surface area contributed by atoms with E-state index in [2.05, 4.69) is 77.4 Å². The molecule has 3 heterocycles. The van der Waals surface area contributed by atoms with Crippen LogP contribution < -0.4 is 0 Å². The topological polar surface area (TPSA) is 43.6 Å². The molecule has 5 heteroatoms. The maximum atomic E-state index is 5.07. The molecule has 1 aliphatic rings. The summed E-state index contributed by atoms with van der Waals surface area (Å²) in [7, 11) is 0. The van der Waals surface area contributed by atoms with Crippen LogP contribution in [0.3, 0.4) is 0 Å². The van der Waals surface area contributed by atoms with Gasteiger partial charge in [0.05, 0.1) is 16.7 Å². The highest BCUT2D eigenvalue weighted by Crippen LogP contribution is 2.50. The van der Waals surface area contributed by atoms with Crippen molar-refractivity contribution in [3.8, 4) is 39.9 Å². The highest BCUT2D eigenvalue weighted by atomic mass is 32.2. The van der Waals surface area contributed by atoms with Crippen molar-refractivity contribution in [2.45, 2.75) is 9.79 Å². The quantitative estimate of drug-likeness (QED) is 0.217. The lowest BCUT2D eigenvalue weighted by Crippen LogP contribution is -2.03. The summed E-state index contributed by atoms with van der Waals surface area (Å²) in [5.74, 6) is 1.96. The van der Waals surface area contributed by atoms with E-state index in [-0.39, 0.29) is 0 Å². The first-order valence-corrected chi connectivity index (χ1v) is 14.8. The first-order valence-electron chi connectivity index (χ1n) is 14.0. The number of para-hydroxylation sites is 1. The summed E-state index contributed by atoms with van der Waals surface area (Å²) in [4.78, 5) is 17.6. The molecule has 0 atom stereocenters. The fraction of sp³-hybridized carbons (Fsp3) is 0. The Morgan fingerprint density at radius 3 is 1.76 bits per heavy atom. The minimum Gasteiger partial charge on any atom is -0.308 e. The van der Waals surface area contributed by atoms with Crippen molar-refractivity contribution in [3.05, 3.63) is 133 Å². The lowest BCUT2D eigenvalue weighted by molar-refractivity contribution is 1.06. The maximum Gasteiger partial charge on any atom is 0.166 e. The van der Waals surface area contributed by atoms with Gasteiger partial charge in [0, 0.05) is 42.6 Å². The zero-order valence-corrected chi connectivity index (χ0v) is 23.2. The Morgan fingerprint density at radius 2 is 1.02 bits per heavy atom. The van der Waals surface area contributed by atoms with Crippen LogP contribution in [0.2, 0.25) is 0 Å². The van der Waals surface area contributed by atoms with Crippen molar-refractivity contribution >= 4 is 44.3 Å². The molecule has 0 radical (unpaired) electrons. The predicted octanol–water partition coefficient (Wildman–Crippen LogP) is 9.59. The van der Waals surface area contributed by atoms with E-state index in [1.165, 1.54) is 42.4 Å². The molecule has 42 heavy (non-hydrogen) atoms. The molecule has 4 nitrogen and oxygen atoms in total. The van der Waals surface area contributed by atoms with Crippen LogP contribution >= 0.6 is 11.8 Å². The number of benzene rings is 6. The highest BCUT2D eigenvalue weighted by molar-refractivity contribution is 8.00. The highest BCUT2D eigenvalue weighted by Gasteiger charge is 2.25. The van der Waals surface area contributed by atoms with Crippen LogP contribution in [-0.4, -0.2) is 19.5 Å². The summed E-state index contributed by atoms with van der Waals surface area (Å²) < 4.78 is 2.39. The summed E-state index contributed by atoms with van der Waals surface area (Å²) in [6, 6.07) is 46.5. The number of rotatable bonds is 4. The van der Waals surface area contributed by atoms with E-state index in [9.17, 15) is 0 Å². The van der Waals surface area contributed by atoms with Crippen LogP contribution in [0.4, 0.5) is 0 Å². The molecule has 0 N–H and O–H groups in total. The molecule has 0 saturated heterocycles. The van der Waals surface area contributed by atoms with Gasteiger partial charge in [0.2, 0.25) is 0 Å². The van der Waals surface area contributed by atoms with Gasteiger partial charge < -0.3 is 4.57 Å². The van der Waals surface area contributed by atoms with Crippen molar-refractivity contribution in [1.29, 1.82) is 0 Å². The van der Waals surface area contributed by atoms with Gasteiger partial charge in [0.1, 0.15) is 0 Å². The monoisotopic (exact) mass is 554 g/mol. The van der Waals surface area contributed by atoms with Crippen LogP contribution in [0.25, 0.3) is 72.4 Å². The van der Waals surface area contributed by atoms with E-state index in [0.717, 1.165) is 22.4 Å². The molecule has 6 aromatic carbocycles. The van der Waals surface area contributed by atoms with Crippen LogP contribution in [0.5, 0.6) is 0 Å². The second-order valence-corrected chi connectivity index (χ2v) is 11.5. The molecule has 0 bridgehead atoms. The smallest absolute Gasteiger partial charge is 0.166 e. The predicted molar refractivity (Wildman–Crippen MR) is 172 cm³/mol. The van der Waals surface area contributed by atoms with E-state index >= 15 is 0 Å². The molecule has 8 aromatic rings. The minimum atomic E-state index is 0.648. The molecule has 0 fully saturated rings. The Balaban J connectivity index is 1.36. The third kappa shape index (κ3) is 3.47.